The first kappa shape index (κ1) is 18.3. The SMILES string of the molecule is C/N=C(/C=C(\N)c1cc(Cl)cc(Cl)c1)c1ccc2cc(OC)ccc2c1. The number of fused-ring (bicyclic) bond motifs is 1. The van der Waals surface area contributed by atoms with E-state index in [1.54, 1.807) is 32.4 Å². The first-order chi connectivity index (χ1) is 12.5. The number of benzene rings is 3. The maximum atomic E-state index is 6.24. The normalized spacial score (nSPS) is 12.5. The number of hydrogen-bond acceptors (Lipinski definition) is 3. The maximum absolute atomic E-state index is 6.24. The van der Waals surface area contributed by atoms with E-state index in [-0.39, 0.29) is 0 Å². The molecule has 26 heavy (non-hydrogen) atoms. The van der Waals surface area contributed by atoms with Crippen LogP contribution in [0.2, 0.25) is 10.0 Å². The van der Waals surface area contributed by atoms with Crippen molar-refractivity contribution < 1.29 is 4.74 Å². The molecule has 0 aromatic heterocycles. The van der Waals surface area contributed by atoms with Gasteiger partial charge in [0.25, 0.3) is 0 Å². The van der Waals surface area contributed by atoms with E-state index < -0.39 is 0 Å². The van der Waals surface area contributed by atoms with Crippen LogP contribution in [0.15, 0.2) is 65.7 Å². The average Bonchev–Trinajstić information content (AvgIpc) is 2.64. The third-order valence-electron chi connectivity index (χ3n) is 4.07. The van der Waals surface area contributed by atoms with Crippen molar-refractivity contribution in [2.75, 3.05) is 14.2 Å². The lowest BCUT2D eigenvalue weighted by molar-refractivity contribution is 0.415. The van der Waals surface area contributed by atoms with E-state index in [9.17, 15) is 0 Å². The Labute approximate surface area is 162 Å². The number of nitrogens with zero attached hydrogens (tertiary/aromatic N) is 1. The molecule has 0 heterocycles. The average molecular weight is 385 g/mol. The van der Waals surface area contributed by atoms with Gasteiger partial charge >= 0.3 is 0 Å². The van der Waals surface area contributed by atoms with Gasteiger partial charge in [-0.2, -0.15) is 0 Å². The number of aliphatic imine (C=N–C) groups is 1. The second kappa shape index (κ2) is 7.81. The topological polar surface area (TPSA) is 47.6 Å². The molecule has 0 radical (unpaired) electrons. The largest absolute Gasteiger partial charge is 0.497 e. The third kappa shape index (κ3) is 4.01. The van der Waals surface area contributed by atoms with Gasteiger partial charge in [0.15, 0.2) is 0 Å². The zero-order valence-corrected chi connectivity index (χ0v) is 16.0. The van der Waals surface area contributed by atoms with Crippen LogP contribution >= 0.6 is 23.2 Å². The van der Waals surface area contributed by atoms with Crippen LogP contribution in [-0.2, 0) is 0 Å². The Kier molecular flexibility index (Phi) is 5.50. The number of allylic oxidation sites excluding steroid dienone is 1. The third-order valence-corrected chi connectivity index (χ3v) is 4.51. The minimum Gasteiger partial charge on any atom is -0.497 e. The molecule has 0 aliphatic heterocycles. The minimum atomic E-state index is 0.540. The molecule has 3 aromatic carbocycles. The van der Waals surface area contributed by atoms with Crippen molar-refractivity contribution in [1.29, 1.82) is 0 Å². The van der Waals surface area contributed by atoms with E-state index in [4.69, 9.17) is 33.7 Å². The van der Waals surface area contributed by atoms with Gasteiger partial charge in [0.2, 0.25) is 0 Å². The minimum absolute atomic E-state index is 0.540. The van der Waals surface area contributed by atoms with Gasteiger partial charge in [-0.1, -0.05) is 41.4 Å². The Morgan fingerprint density at radius 3 is 2.23 bits per heavy atom. The number of rotatable bonds is 4. The van der Waals surface area contributed by atoms with E-state index in [1.165, 1.54) is 0 Å². The molecular weight excluding hydrogens is 367 g/mol. The molecule has 0 aliphatic rings. The highest BCUT2D eigenvalue weighted by Crippen LogP contribution is 2.24. The van der Waals surface area contributed by atoms with Crippen molar-refractivity contribution in [2.24, 2.45) is 10.7 Å². The predicted octanol–water partition coefficient (Wildman–Crippen LogP) is 5.57. The van der Waals surface area contributed by atoms with E-state index >= 15 is 0 Å². The lowest BCUT2D eigenvalue weighted by atomic mass is 10.0. The Morgan fingerprint density at radius 2 is 1.58 bits per heavy atom. The van der Waals surface area contributed by atoms with E-state index in [1.807, 2.05) is 36.4 Å². The number of methoxy groups -OCH3 is 1. The molecule has 0 amide bonds. The fourth-order valence-corrected chi connectivity index (χ4v) is 3.26. The fourth-order valence-electron chi connectivity index (χ4n) is 2.74. The van der Waals surface area contributed by atoms with Gasteiger partial charge in [-0.15, -0.1) is 0 Å². The van der Waals surface area contributed by atoms with Crippen LogP contribution in [0.4, 0.5) is 0 Å². The summed E-state index contributed by atoms with van der Waals surface area (Å²) in [6.45, 7) is 0. The summed E-state index contributed by atoms with van der Waals surface area (Å²) in [4.78, 5) is 4.38. The second-order valence-electron chi connectivity index (χ2n) is 5.79. The first-order valence-electron chi connectivity index (χ1n) is 7.99. The van der Waals surface area contributed by atoms with Crippen molar-refractivity contribution in [3.8, 4) is 5.75 Å². The highest BCUT2D eigenvalue weighted by atomic mass is 35.5. The van der Waals surface area contributed by atoms with Crippen LogP contribution in [-0.4, -0.2) is 19.9 Å². The van der Waals surface area contributed by atoms with Crippen molar-refractivity contribution in [2.45, 2.75) is 0 Å². The van der Waals surface area contributed by atoms with Gasteiger partial charge in [-0.3, -0.25) is 4.99 Å². The van der Waals surface area contributed by atoms with Crippen molar-refractivity contribution >= 4 is 45.4 Å². The summed E-state index contributed by atoms with van der Waals surface area (Å²) in [5, 5.41) is 3.28. The Morgan fingerprint density at radius 1 is 0.923 bits per heavy atom. The molecule has 0 bridgehead atoms. The molecule has 132 valence electrons. The summed E-state index contributed by atoms with van der Waals surface area (Å²) in [5.74, 6) is 0.830. The molecule has 3 nitrogen and oxygen atoms in total. The van der Waals surface area contributed by atoms with Crippen molar-refractivity contribution in [1.82, 2.24) is 0 Å². The van der Waals surface area contributed by atoms with E-state index in [2.05, 4.69) is 11.1 Å². The molecule has 2 N–H and O–H groups in total. The molecule has 0 unspecified atom stereocenters. The monoisotopic (exact) mass is 384 g/mol. The van der Waals surface area contributed by atoms with Gasteiger partial charge < -0.3 is 10.5 Å². The number of ether oxygens (including phenoxy) is 1. The molecule has 0 atom stereocenters. The van der Waals surface area contributed by atoms with Crippen molar-refractivity contribution in [3.05, 3.63) is 81.8 Å². The molecule has 0 spiro atoms. The summed E-state index contributed by atoms with van der Waals surface area (Å²) < 4.78 is 5.27. The maximum Gasteiger partial charge on any atom is 0.119 e. The molecular formula is C21H18Cl2N2O. The Balaban J connectivity index is 1.99. The van der Waals surface area contributed by atoms with Crippen LogP contribution in [0.1, 0.15) is 11.1 Å². The standard InChI is InChI=1S/C21H18Cl2N2O/c1-25-21(12-20(24)16-8-17(22)11-18(23)9-16)15-4-3-14-10-19(26-2)6-5-13(14)7-15/h3-12H,24H2,1-2H3/b20-12-,25-21-. The molecule has 0 saturated heterocycles. The van der Waals surface area contributed by atoms with Gasteiger partial charge in [0.1, 0.15) is 5.75 Å². The zero-order chi connectivity index (χ0) is 18.7. The van der Waals surface area contributed by atoms with Gasteiger partial charge in [0.05, 0.1) is 12.8 Å². The number of halogens is 2. The summed E-state index contributed by atoms with van der Waals surface area (Å²) in [6.07, 6.45) is 1.83. The quantitative estimate of drug-likeness (QED) is 0.597. The molecule has 0 fully saturated rings. The highest BCUT2D eigenvalue weighted by Gasteiger charge is 2.06. The fraction of sp³-hybridized carbons (Fsp3) is 0.0952. The molecule has 3 rings (SSSR count). The molecule has 3 aromatic rings. The van der Waals surface area contributed by atoms with Crippen LogP contribution in [0, 0.1) is 0 Å². The molecule has 5 heteroatoms. The summed E-state index contributed by atoms with van der Waals surface area (Å²) >= 11 is 12.1. The van der Waals surface area contributed by atoms with Crippen LogP contribution < -0.4 is 10.5 Å². The zero-order valence-electron chi connectivity index (χ0n) is 14.5. The van der Waals surface area contributed by atoms with Crippen molar-refractivity contribution in [3.63, 3.8) is 0 Å². The van der Waals surface area contributed by atoms with Gasteiger partial charge in [-0.25, -0.2) is 0 Å². The van der Waals surface area contributed by atoms with Crippen LogP contribution in [0.3, 0.4) is 0 Å². The van der Waals surface area contributed by atoms with Crippen LogP contribution in [0.5, 0.6) is 5.75 Å². The Hall–Kier alpha value is -2.49. The van der Waals surface area contributed by atoms with Gasteiger partial charge in [0, 0.05) is 33.9 Å². The highest BCUT2D eigenvalue weighted by molar-refractivity contribution is 6.35. The molecule has 0 aliphatic carbocycles. The first-order valence-corrected chi connectivity index (χ1v) is 8.74. The van der Waals surface area contributed by atoms with Crippen LogP contribution in [0.25, 0.3) is 16.5 Å². The number of nitrogens with two attached hydrogens (primary N) is 1. The van der Waals surface area contributed by atoms with E-state index in [0.29, 0.717) is 15.7 Å². The smallest absolute Gasteiger partial charge is 0.119 e. The summed E-state index contributed by atoms with van der Waals surface area (Å²) in [5.41, 5.74) is 9.30. The van der Waals surface area contributed by atoms with Gasteiger partial charge in [-0.05, 0) is 53.2 Å². The summed E-state index contributed by atoms with van der Waals surface area (Å²) in [7, 11) is 3.40. The lowest BCUT2D eigenvalue weighted by Crippen LogP contribution is -2.04. The lowest BCUT2D eigenvalue weighted by Gasteiger charge is -2.08. The van der Waals surface area contributed by atoms with E-state index in [0.717, 1.165) is 33.4 Å². The summed E-state index contributed by atoms with van der Waals surface area (Å²) in [6, 6.07) is 17.3. The number of hydrogen-bond donors (Lipinski definition) is 1. The predicted molar refractivity (Wildman–Crippen MR) is 112 cm³/mol. The second-order valence-corrected chi connectivity index (χ2v) is 6.67. The Bertz CT molecular complexity index is 1010. The molecule has 0 saturated carbocycles.